The number of anilines is 1. The van der Waals surface area contributed by atoms with E-state index < -0.39 is 4.92 Å². The van der Waals surface area contributed by atoms with Crippen molar-refractivity contribution in [2.45, 2.75) is 45.1 Å². The fourth-order valence-electron chi connectivity index (χ4n) is 4.19. The number of fused-ring (bicyclic) bond motifs is 2. The number of hydrogen-bond acceptors (Lipinski definition) is 4. The molecule has 6 heteroatoms. The highest BCUT2D eigenvalue weighted by molar-refractivity contribution is 5.93. The van der Waals surface area contributed by atoms with Crippen molar-refractivity contribution in [3.63, 3.8) is 0 Å². The molecule has 1 amide bonds. The van der Waals surface area contributed by atoms with Crippen LogP contribution >= 0.6 is 0 Å². The highest BCUT2D eigenvalue weighted by Gasteiger charge is 2.40. The number of nitro benzene ring substituents is 1. The molecule has 0 aromatic heterocycles. The minimum absolute atomic E-state index is 0.0302. The number of rotatable bonds is 3. The molecule has 0 aliphatic heterocycles. The van der Waals surface area contributed by atoms with E-state index in [1.54, 1.807) is 19.1 Å². The fraction of sp³-hybridized carbons (Fsp3) is 0.588. The van der Waals surface area contributed by atoms with E-state index >= 15 is 0 Å². The second-order valence-electron chi connectivity index (χ2n) is 6.89. The summed E-state index contributed by atoms with van der Waals surface area (Å²) in [6.45, 7) is 1.67. The van der Waals surface area contributed by atoms with Crippen molar-refractivity contribution in [3.05, 3.63) is 33.9 Å². The number of hydrogen-bond donors (Lipinski definition) is 2. The highest BCUT2D eigenvalue weighted by Crippen LogP contribution is 2.42. The van der Waals surface area contributed by atoms with Gasteiger partial charge in [0.05, 0.1) is 16.2 Å². The van der Waals surface area contributed by atoms with Crippen molar-refractivity contribution < 1.29 is 9.72 Å². The maximum absolute atomic E-state index is 12.6. The summed E-state index contributed by atoms with van der Waals surface area (Å²) in [5, 5.41) is 13.9. The zero-order chi connectivity index (χ0) is 16.6. The van der Waals surface area contributed by atoms with E-state index in [0.29, 0.717) is 23.1 Å². The van der Waals surface area contributed by atoms with Gasteiger partial charge in [-0.1, -0.05) is 12.5 Å². The van der Waals surface area contributed by atoms with Crippen molar-refractivity contribution in [2.75, 3.05) is 5.32 Å². The predicted octanol–water partition coefficient (Wildman–Crippen LogP) is 3.00. The van der Waals surface area contributed by atoms with E-state index in [2.05, 4.69) is 5.32 Å². The van der Waals surface area contributed by atoms with Crippen molar-refractivity contribution in [1.82, 2.24) is 0 Å². The van der Waals surface area contributed by atoms with Gasteiger partial charge in [-0.05, 0) is 50.5 Å². The zero-order valence-electron chi connectivity index (χ0n) is 13.3. The van der Waals surface area contributed by atoms with Gasteiger partial charge in [0.1, 0.15) is 0 Å². The van der Waals surface area contributed by atoms with Gasteiger partial charge in [0.25, 0.3) is 5.69 Å². The molecule has 0 radical (unpaired) electrons. The Labute approximate surface area is 135 Å². The fourth-order valence-corrected chi connectivity index (χ4v) is 4.19. The molecule has 2 bridgehead atoms. The molecule has 0 spiro atoms. The molecule has 3 N–H and O–H groups in total. The quantitative estimate of drug-likeness (QED) is 0.661. The molecule has 2 aliphatic rings. The first-order valence-electron chi connectivity index (χ1n) is 8.28. The normalized spacial score (nSPS) is 29.8. The number of nitrogens with zero attached hydrogens (tertiary/aromatic N) is 1. The standard InChI is InChI=1S/C17H23N3O3/c1-10-14(6-3-7-15(10)20(22)23)19-17(21)13-8-11-4-2-5-12(9-13)16(11)18/h3,6-7,11-13,16H,2,4-5,8-9,18H2,1H3,(H,19,21). The average Bonchev–Trinajstić information content (AvgIpc) is 2.48. The molecule has 6 nitrogen and oxygen atoms in total. The SMILES string of the molecule is Cc1c(NC(=O)C2CC3CCCC(C2)C3N)cccc1[N+](=O)[O-]. The van der Waals surface area contributed by atoms with Crippen LogP contribution in [0.1, 0.15) is 37.7 Å². The van der Waals surface area contributed by atoms with Gasteiger partial charge in [-0.2, -0.15) is 0 Å². The first-order chi connectivity index (χ1) is 11.0. The van der Waals surface area contributed by atoms with Crippen LogP contribution in [0.5, 0.6) is 0 Å². The minimum atomic E-state index is -0.422. The second kappa shape index (κ2) is 6.28. The van der Waals surface area contributed by atoms with Gasteiger partial charge in [0.2, 0.25) is 5.91 Å². The first kappa shape index (κ1) is 15.9. The van der Waals surface area contributed by atoms with Gasteiger partial charge in [0.15, 0.2) is 0 Å². The lowest BCUT2D eigenvalue weighted by Crippen LogP contribution is -2.48. The Balaban J connectivity index is 1.73. The smallest absolute Gasteiger partial charge is 0.274 e. The number of nitrogens with two attached hydrogens (primary N) is 1. The lowest BCUT2D eigenvalue weighted by Gasteiger charge is -2.43. The Bertz CT molecular complexity index is 618. The third kappa shape index (κ3) is 3.08. The van der Waals surface area contributed by atoms with Crippen molar-refractivity contribution in [2.24, 2.45) is 23.5 Å². The van der Waals surface area contributed by atoms with Crippen LogP contribution in [0.4, 0.5) is 11.4 Å². The monoisotopic (exact) mass is 317 g/mol. The minimum Gasteiger partial charge on any atom is -0.327 e. The Hall–Kier alpha value is -1.95. The van der Waals surface area contributed by atoms with E-state index in [4.69, 9.17) is 5.73 Å². The molecule has 1 aromatic carbocycles. The van der Waals surface area contributed by atoms with Crippen LogP contribution in [0.15, 0.2) is 18.2 Å². The summed E-state index contributed by atoms with van der Waals surface area (Å²) >= 11 is 0. The van der Waals surface area contributed by atoms with E-state index in [1.807, 2.05) is 0 Å². The molecule has 2 fully saturated rings. The van der Waals surface area contributed by atoms with Gasteiger partial charge in [0, 0.05) is 18.0 Å². The summed E-state index contributed by atoms with van der Waals surface area (Å²) in [7, 11) is 0. The topological polar surface area (TPSA) is 98.3 Å². The summed E-state index contributed by atoms with van der Waals surface area (Å²) in [6.07, 6.45) is 5.09. The summed E-state index contributed by atoms with van der Waals surface area (Å²) in [6, 6.07) is 5.00. The van der Waals surface area contributed by atoms with Crippen LogP contribution in [-0.4, -0.2) is 16.9 Å². The maximum Gasteiger partial charge on any atom is 0.274 e. The molecular weight excluding hydrogens is 294 g/mol. The lowest BCUT2D eigenvalue weighted by atomic mass is 9.65. The summed E-state index contributed by atoms with van der Waals surface area (Å²) in [5.41, 5.74) is 7.33. The van der Waals surface area contributed by atoms with Crippen LogP contribution in [0, 0.1) is 34.8 Å². The van der Waals surface area contributed by atoms with Crippen molar-refractivity contribution in [3.8, 4) is 0 Å². The van der Waals surface area contributed by atoms with E-state index in [1.165, 1.54) is 12.5 Å². The molecule has 1 aromatic rings. The van der Waals surface area contributed by atoms with Crippen LogP contribution in [0.25, 0.3) is 0 Å². The number of benzene rings is 1. The predicted molar refractivity (Wildman–Crippen MR) is 88.0 cm³/mol. The third-order valence-corrected chi connectivity index (χ3v) is 5.54. The molecule has 0 saturated heterocycles. The first-order valence-corrected chi connectivity index (χ1v) is 8.28. The van der Waals surface area contributed by atoms with Crippen LogP contribution in [-0.2, 0) is 4.79 Å². The Kier molecular flexibility index (Phi) is 4.35. The third-order valence-electron chi connectivity index (χ3n) is 5.54. The Morgan fingerprint density at radius 2 is 1.96 bits per heavy atom. The van der Waals surface area contributed by atoms with E-state index in [-0.39, 0.29) is 23.6 Å². The average molecular weight is 317 g/mol. The van der Waals surface area contributed by atoms with Crippen molar-refractivity contribution in [1.29, 1.82) is 0 Å². The van der Waals surface area contributed by atoms with E-state index in [0.717, 1.165) is 25.7 Å². The second-order valence-corrected chi connectivity index (χ2v) is 6.89. The van der Waals surface area contributed by atoms with Crippen LogP contribution in [0.3, 0.4) is 0 Å². The van der Waals surface area contributed by atoms with Gasteiger partial charge in [-0.15, -0.1) is 0 Å². The highest BCUT2D eigenvalue weighted by atomic mass is 16.6. The summed E-state index contributed by atoms with van der Waals surface area (Å²) in [4.78, 5) is 23.2. The van der Waals surface area contributed by atoms with Crippen LogP contribution in [0.2, 0.25) is 0 Å². The molecule has 124 valence electrons. The molecule has 3 rings (SSSR count). The summed E-state index contributed by atoms with van der Waals surface area (Å²) in [5.74, 6) is 0.801. The van der Waals surface area contributed by atoms with Gasteiger partial charge in [-0.3, -0.25) is 14.9 Å². The molecule has 2 saturated carbocycles. The molecular formula is C17H23N3O3. The van der Waals surface area contributed by atoms with Gasteiger partial charge in [-0.25, -0.2) is 0 Å². The molecule has 2 unspecified atom stereocenters. The lowest BCUT2D eigenvalue weighted by molar-refractivity contribution is -0.385. The van der Waals surface area contributed by atoms with Gasteiger partial charge >= 0.3 is 0 Å². The molecule has 2 atom stereocenters. The number of carbonyl (C=O) groups excluding carboxylic acids is 1. The summed E-state index contributed by atoms with van der Waals surface area (Å²) < 4.78 is 0. The molecule has 0 heterocycles. The largest absolute Gasteiger partial charge is 0.327 e. The van der Waals surface area contributed by atoms with Crippen LogP contribution < -0.4 is 11.1 Å². The Morgan fingerprint density at radius 3 is 2.57 bits per heavy atom. The Morgan fingerprint density at radius 1 is 1.30 bits per heavy atom. The van der Waals surface area contributed by atoms with Crippen molar-refractivity contribution >= 4 is 17.3 Å². The van der Waals surface area contributed by atoms with E-state index in [9.17, 15) is 14.9 Å². The van der Waals surface area contributed by atoms with Gasteiger partial charge < -0.3 is 11.1 Å². The molecule has 2 aliphatic carbocycles. The zero-order valence-corrected chi connectivity index (χ0v) is 13.3. The maximum atomic E-state index is 12.6. The molecule has 23 heavy (non-hydrogen) atoms. The number of carbonyl (C=O) groups is 1. The number of nitrogens with one attached hydrogen (secondary N) is 1. The number of nitro groups is 1. The number of amides is 1.